The molecule has 20 heavy (non-hydrogen) atoms. The minimum Gasteiger partial charge on any atom is -0.369 e. The minimum absolute atomic E-state index is 0.152. The van der Waals surface area contributed by atoms with Crippen LogP contribution in [0.25, 0.3) is 0 Å². The van der Waals surface area contributed by atoms with Gasteiger partial charge in [0.1, 0.15) is 0 Å². The van der Waals surface area contributed by atoms with E-state index in [1.54, 1.807) is 0 Å². The number of rotatable bonds is 3. The molecule has 1 aliphatic rings. The van der Waals surface area contributed by atoms with Gasteiger partial charge in [-0.2, -0.15) is 0 Å². The number of benzene rings is 1. The van der Waals surface area contributed by atoms with E-state index in [0.29, 0.717) is 6.04 Å². The van der Waals surface area contributed by atoms with Crippen molar-refractivity contribution in [1.82, 2.24) is 5.32 Å². The lowest BCUT2D eigenvalue weighted by molar-refractivity contribution is 0.424. The maximum absolute atomic E-state index is 3.73. The van der Waals surface area contributed by atoms with Gasteiger partial charge in [0.15, 0.2) is 0 Å². The topological polar surface area (TPSA) is 15.3 Å². The highest BCUT2D eigenvalue weighted by atomic mass is 79.9. The molecule has 1 aliphatic heterocycles. The van der Waals surface area contributed by atoms with E-state index in [1.165, 1.54) is 41.5 Å². The maximum Gasteiger partial charge on any atom is 0.0380 e. The van der Waals surface area contributed by atoms with Crippen LogP contribution >= 0.6 is 15.9 Å². The summed E-state index contributed by atoms with van der Waals surface area (Å²) in [6, 6.07) is 7.46. The molecular weight excluding hydrogens is 312 g/mol. The summed E-state index contributed by atoms with van der Waals surface area (Å²) in [4.78, 5) is 2.54. The van der Waals surface area contributed by atoms with Gasteiger partial charge >= 0.3 is 0 Å². The monoisotopic (exact) mass is 338 g/mol. The number of nitrogens with one attached hydrogen (secondary N) is 1. The SMILES string of the molecule is CC1CCCCN1c1ccc(CNC(C)(C)C)c(Br)c1. The Morgan fingerprint density at radius 2 is 2.05 bits per heavy atom. The predicted octanol–water partition coefficient (Wildman–Crippen LogP) is 4.72. The molecule has 1 aromatic rings. The lowest BCUT2D eigenvalue weighted by Gasteiger charge is -2.35. The Morgan fingerprint density at radius 3 is 2.65 bits per heavy atom. The summed E-state index contributed by atoms with van der Waals surface area (Å²) >= 11 is 3.73. The molecule has 112 valence electrons. The van der Waals surface area contributed by atoms with Crippen molar-refractivity contribution >= 4 is 21.6 Å². The van der Waals surface area contributed by atoms with E-state index in [0.717, 1.165) is 6.54 Å². The zero-order valence-electron chi connectivity index (χ0n) is 13.2. The quantitative estimate of drug-likeness (QED) is 0.857. The van der Waals surface area contributed by atoms with Crippen molar-refractivity contribution < 1.29 is 0 Å². The molecule has 1 unspecified atom stereocenters. The molecule has 0 aliphatic carbocycles. The first kappa shape index (κ1) is 15.8. The third-order valence-corrected chi connectivity index (χ3v) is 4.72. The number of hydrogen-bond acceptors (Lipinski definition) is 2. The van der Waals surface area contributed by atoms with Gasteiger partial charge in [-0.25, -0.2) is 0 Å². The van der Waals surface area contributed by atoms with Crippen molar-refractivity contribution in [2.24, 2.45) is 0 Å². The molecule has 0 amide bonds. The molecule has 0 saturated carbocycles. The van der Waals surface area contributed by atoms with Crippen LogP contribution < -0.4 is 10.2 Å². The van der Waals surface area contributed by atoms with Crippen molar-refractivity contribution in [2.45, 2.75) is 65.1 Å². The summed E-state index contributed by atoms with van der Waals surface area (Å²) in [6.45, 7) is 11.0. The Balaban J connectivity index is 2.09. The van der Waals surface area contributed by atoms with Gasteiger partial charge in [-0.05, 0) is 64.7 Å². The normalized spacial score (nSPS) is 20.2. The van der Waals surface area contributed by atoms with Crippen LogP contribution in [-0.4, -0.2) is 18.1 Å². The second-order valence-corrected chi connectivity index (χ2v) is 7.77. The highest BCUT2D eigenvalue weighted by Crippen LogP contribution is 2.29. The van der Waals surface area contributed by atoms with Gasteiger partial charge < -0.3 is 10.2 Å². The van der Waals surface area contributed by atoms with Gasteiger partial charge in [0.2, 0.25) is 0 Å². The van der Waals surface area contributed by atoms with Crippen molar-refractivity contribution in [1.29, 1.82) is 0 Å². The Bertz CT molecular complexity index is 451. The number of nitrogens with zero attached hydrogens (tertiary/aromatic N) is 1. The molecule has 3 heteroatoms. The second kappa shape index (κ2) is 6.48. The number of anilines is 1. The molecule has 1 aromatic carbocycles. The van der Waals surface area contributed by atoms with Crippen LogP contribution in [0.1, 0.15) is 52.5 Å². The van der Waals surface area contributed by atoms with Crippen LogP contribution in [0.2, 0.25) is 0 Å². The van der Waals surface area contributed by atoms with E-state index in [-0.39, 0.29) is 5.54 Å². The summed E-state index contributed by atoms with van der Waals surface area (Å²) in [5.41, 5.74) is 2.83. The Morgan fingerprint density at radius 1 is 1.30 bits per heavy atom. The molecule has 0 bridgehead atoms. The van der Waals surface area contributed by atoms with Crippen LogP contribution in [0.5, 0.6) is 0 Å². The first-order chi connectivity index (χ1) is 9.37. The Labute approximate surface area is 132 Å². The number of piperidine rings is 1. The summed E-state index contributed by atoms with van der Waals surface area (Å²) < 4.78 is 1.21. The largest absolute Gasteiger partial charge is 0.369 e. The molecule has 1 saturated heterocycles. The standard InChI is InChI=1S/C17H27BrN2/c1-13-7-5-6-10-20(13)15-9-8-14(16(18)11-15)12-19-17(2,3)4/h8-9,11,13,19H,5-7,10,12H2,1-4H3. The molecular formula is C17H27BrN2. The van der Waals surface area contributed by atoms with Gasteiger partial charge in [0, 0.05) is 34.8 Å². The van der Waals surface area contributed by atoms with Crippen LogP contribution in [0.4, 0.5) is 5.69 Å². The van der Waals surface area contributed by atoms with E-state index in [4.69, 9.17) is 0 Å². The fourth-order valence-corrected chi connectivity index (χ4v) is 3.21. The van der Waals surface area contributed by atoms with E-state index in [9.17, 15) is 0 Å². The highest BCUT2D eigenvalue weighted by molar-refractivity contribution is 9.10. The summed E-state index contributed by atoms with van der Waals surface area (Å²) in [7, 11) is 0. The van der Waals surface area contributed by atoms with E-state index in [2.05, 4.69) is 72.0 Å². The number of hydrogen-bond donors (Lipinski definition) is 1. The molecule has 0 radical (unpaired) electrons. The van der Waals surface area contributed by atoms with Gasteiger partial charge in [-0.15, -0.1) is 0 Å². The van der Waals surface area contributed by atoms with Crippen molar-refractivity contribution in [3.8, 4) is 0 Å². The van der Waals surface area contributed by atoms with Gasteiger partial charge in [0.25, 0.3) is 0 Å². The van der Waals surface area contributed by atoms with Crippen LogP contribution in [-0.2, 0) is 6.54 Å². The fourth-order valence-electron chi connectivity index (χ4n) is 2.70. The zero-order chi connectivity index (χ0) is 14.8. The van der Waals surface area contributed by atoms with Crippen molar-refractivity contribution in [3.63, 3.8) is 0 Å². The van der Waals surface area contributed by atoms with Crippen molar-refractivity contribution in [3.05, 3.63) is 28.2 Å². The van der Waals surface area contributed by atoms with E-state index >= 15 is 0 Å². The molecule has 2 rings (SSSR count). The summed E-state index contributed by atoms with van der Waals surface area (Å²) in [5.74, 6) is 0. The lowest BCUT2D eigenvalue weighted by Crippen LogP contribution is -2.37. The van der Waals surface area contributed by atoms with Crippen LogP contribution in [0, 0.1) is 0 Å². The molecule has 1 heterocycles. The maximum atomic E-state index is 3.73. The van der Waals surface area contributed by atoms with E-state index < -0.39 is 0 Å². The Kier molecular flexibility index (Phi) is 5.14. The molecule has 1 N–H and O–H groups in total. The molecule has 2 nitrogen and oxygen atoms in total. The summed E-state index contributed by atoms with van der Waals surface area (Å²) in [5, 5.41) is 3.54. The second-order valence-electron chi connectivity index (χ2n) is 6.92. The first-order valence-electron chi connectivity index (χ1n) is 7.67. The highest BCUT2D eigenvalue weighted by Gasteiger charge is 2.19. The third-order valence-electron chi connectivity index (χ3n) is 3.98. The zero-order valence-corrected chi connectivity index (χ0v) is 14.8. The molecule has 1 fully saturated rings. The van der Waals surface area contributed by atoms with E-state index in [1.807, 2.05) is 0 Å². The predicted molar refractivity (Wildman–Crippen MR) is 91.4 cm³/mol. The molecule has 0 aromatic heterocycles. The van der Waals surface area contributed by atoms with Gasteiger partial charge in [-0.3, -0.25) is 0 Å². The third kappa shape index (κ3) is 4.23. The fraction of sp³-hybridized carbons (Fsp3) is 0.647. The average molecular weight is 339 g/mol. The minimum atomic E-state index is 0.152. The van der Waals surface area contributed by atoms with Crippen molar-refractivity contribution in [2.75, 3.05) is 11.4 Å². The van der Waals surface area contributed by atoms with Crippen LogP contribution in [0.3, 0.4) is 0 Å². The Hall–Kier alpha value is -0.540. The van der Waals surface area contributed by atoms with Gasteiger partial charge in [-0.1, -0.05) is 22.0 Å². The smallest absolute Gasteiger partial charge is 0.0380 e. The first-order valence-corrected chi connectivity index (χ1v) is 8.46. The van der Waals surface area contributed by atoms with Crippen LogP contribution in [0.15, 0.2) is 22.7 Å². The summed E-state index contributed by atoms with van der Waals surface area (Å²) in [6.07, 6.45) is 3.99. The molecule has 0 spiro atoms. The lowest BCUT2D eigenvalue weighted by atomic mass is 10.0. The molecule has 1 atom stereocenters. The average Bonchev–Trinajstić information content (AvgIpc) is 2.37. The number of halogens is 1. The van der Waals surface area contributed by atoms with Gasteiger partial charge in [0.05, 0.1) is 0 Å².